The van der Waals surface area contributed by atoms with E-state index in [9.17, 15) is 9.18 Å². The molecule has 0 aliphatic rings. The Kier molecular flexibility index (Phi) is 4.32. The van der Waals surface area contributed by atoms with Crippen LogP contribution in [-0.2, 0) is 6.42 Å². The van der Waals surface area contributed by atoms with Crippen LogP contribution in [-0.4, -0.2) is 17.6 Å². The maximum atomic E-state index is 13.2. The lowest BCUT2D eigenvalue weighted by molar-refractivity contribution is 0.102. The van der Waals surface area contributed by atoms with E-state index in [1.165, 1.54) is 12.1 Å². The molecule has 0 aliphatic carbocycles. The van der Waals surface area contributed by atoms with Crippen molar-refractivity contribution in [3.05, 3.63) is 59.4 Å². The monoisotopic (exact) mass is 274 g/mol. The van der Waals surface area contributed by atoms with Crippen LogP contribution in [0.25, 0.3) is 0 Å². The molecule has 0 saturated heterocycles. The Morgan fingerprint density at radius 2 is 1.90 bits per heavy atom. The predicted molar refractivity (Wildman–Crippen MR) is 75.2 cm³/mol. The van der Waals surface area contributed by atoms with E-state index in [1.54, 1.807) is 12.1 Å². The zero-order valence-corrected chi connectivity index (χ0v) is 10.8. The molecule has 2 rings (SSSR count). The first-order chi connectivity index (χ1) is 9.60. The van der Waals surface area contributed by atoms with Crippen LogP contribution in [0.15, 0.2) is 42.5 Å². The summed E-state index contributed by atoms with van der Waals surface area (Å²) < 4.78 is 13.2. The van der Waals surface area contributed by atoms with E-state index in [-0.39, 0.29) is 11.6 Å². The number of phenolic OH excluding ortho intramolecular Hbond substituents is 1. The number of anilines is 1. The quantitative estimate of drug-likeness (QED) is 0.749. The van der Waals surface area contributed by atoms with Crippen LogP contribution >= 0.6 is 0 Å². The number of hydrogen-bond donors (Lipinski definition) is 3. The first-order valence-electron chi connectivity index (χ1n) is 6.19. The van der Waals surface area contributed by atoms with Gasteiger partial charge in [-0.15, -0.1) is 0 Å². The molecule has 0 unspecified atom stereocenters. The second-order valence-corrected chi connectivity index (χ2v) is 4.36. The molecule has 2 aromatic rings. The van der Waals surface area contributed by atoms with E-state index in [1.807, 2.05) is 12.1 Å². The molecular weight excluding hydrogens is 259 g/mol. The molecule has 0 atom stereocenters. The fourth-order valence-corrected chi connectivity index (χ4v) is 1.78. The van der Waals surface area contributed by atoms with Gasteiger partial charge in [0.25, 0.3) is 5.91 Å². The number of carbonyl (C=O) groups is 1. The molecule has 20 heavy (non-hydrogen) atoms. The summed E-state index contributed by atoms with van der Waals surface area (Å²) in [5.41, 5.74) is 7.27. The maximum Gasteiger partial charge on any atom is 0.255 e. The van der Waals surface area contributed by atoms with Crippen molar-refractivity contribution in [2.24, 2.45) is 5.73 Å². The van der Waals surface area contributed by atoms with Crippen LogP contribution in [0.3, 0.4) is 0 Å². The SMILES string of the molecule is NCCc1ccc(C(=O)Nc2ccc(O)c(F)c2)cc1. The molecule has 5 heteroatoms. The highest BCUT2D eigenvalue weighted by atomic mass is 19.1. The Bertz CT molecular complexity index is 612. The number of aromatic hydroxyl groups is 1. The number of amides is 1. The maximum absolute atomic E-state index is 13.2. The first kappa shape index (κ1) is 14.0. The van der Waals surface area contributed by atoms with Gasteiger partial charge in [-0.3, -0.25) is 4.79 Å². The first-order valence-corrected chi connectivity index (χ1v) is 6.19. The minimum absolute atomic E-state index is 0.288. The van der Waals surface area contributed by atoms with E-state index in [0.29, 0.717) is 12.1 Å². The summed E-state index contributed by atoms with van der Waals surface area (Å²) in [6.07, 6.45) is 0.755. The van der Waals surface area contributed by atoms with Gasteiger partial charge in [0.15, 0.2) is 11.6 Å². The molecule has 0 spiro atoms. The number of phenols is 1. The molecule has 0 heterocycles. The Balaban J connectivity index is 2.09. The number of nitrogens with two attached hydrogens (primary N) is 1. The largest absolute Gasteiger partial charge is 0.505 e. The third-order valence-corrected chi connectivity index (χ3v) is 2.85. The molecule has 1 amide bonds. The fourth-order valence-electron chi connectivity index (χ4n) is 1.78. The van der Waals surface area contributed by atoms with Crippen molar-refractivity contribution in [3.63, 3.8) is 0 Å². The van der Waals surface area contributed by atoms with Gasteiger partial charge >= 0.3 is 0 Å². The lowest BCUT2D eigenvalue weighted by Gasteiger charge is -2.07. The van der Waals surface area contributed by atoms with E-state index in [0.717, 1.165) is 18.1 Å². The van der Waals surface area contributed by atoms with Crippen molar-refractivity contribution in [1.29, 1.82) is 0 Å². The summed E-state index contributed by atoms with van der Waals surface area (Å²) in [6, 6.07) is 10.7. The summed E-state index contributed by atoms with van der Waals surface area (Å²) in [4.78, 5) is 12.0. The predicted octanol–water partition coefficient (Wildman–Crippen LogP) is 2.28. The Labute approximate surface area is 116 Å². The van der Waals surface area contributed by atoms with Gasteiger partial charge in [-0.2, -0.15) is 0 Å². The molecule has 0 radical (unpaired) electrons. The zero-order chi connectivity index (χ0) is 14.5. The van der Waals surface area contributed by atoms with Crippen molar-refractivity contribution in [1.82, 2.24) is 0 Å². The van der Waals surface area contributed by atoms with E-state index in [4.69, 9.17) is 10.8 Å². The van der Waals surface area contributed by atoms with Crippen molar-refractivity contribution >= 4 is 11.6 Å². The lowest BCUT2D eigenvalue weighted by atomic mass is 10.1. The number of carbonyl (C=O) groups excluding carboxylic acids is 1. The minimum atomic E-state index is -0.777. The van der Waals surface area contributed by atoms with Crippen LogP contribution in [0.5, 0.6) is 5.75 Å². The topological polar surface area (TPSA) is 75.4 Å². The number of benzene rings is 2. The second kappa shape index (κ2) is 6.16. The van der Waals surface area contributed by atoms with Gasteiger partial charge in [-0.05, 0) is 42.8 Å². The standard InChI is InChI=1S/C15H15FN2O2/c16-13-9-12(5-6-14(13)19)18-15(20)11-3-1-10(2-4-11)7-8-17/h1-6,9,19H,7-8,17H2,(H,18,20). The second-order valence-electron chi connectivity index (χ2n) is 4.36. The van der Waals surface area contributed by atoms with Crippen LogP contribution in [0, 0.1) is 5.82 Å². The molecule has 0 aromatic heterocycles. The third kappa shape index (κ3) is 3.33. The molecule has 4 N–H and O–H groups in total. The lowest BCUT2D eigenvalue weighted by Crippen LogP contribution is -2.12. The smallest absolute Gasteiger partial charge is 0.255 e. The minimum Gasteiger partial charge on any atom is -0.505 e. The van der Waals surface area contributed by atoms with Crippen molar-refractivity contribution < 1.29 is 14.3 Å². The fraction of sp³-hybridized carbons (Fsp3) is 0.133. The highest BCUT2D eigenvalue weighted by Crippen LogP contribution is 2.20. The molecule has 0 bridgehead atoms. The van der Waals surface area contributed by atoms with E-state index in [2.05, 4.69) is 5.32 Å². The average Bonchev–Trinajstić information content (AvgIpc) is 2.44. The molecule has 2 aromatic carbocycles. The van der Waals surface area contributed by atoms with Gasteiger partial charge < -0.3 is 16.2 Å². The number of hydrogen-bond acceptors (Lipinski definition) is 3. The van der Waals surface area contributed by atoms with Crippen LogP contribution in [0.4, 0.5) is 10.1 Å². The molecule has 0 aliphatic heterocycles. The number of nitrogens with one attached hydrogen (secondary N) is 1. The molecule has 0 fully saturated rings. The van der Waals surface area contributed by atoms with Gasteiger partial charge in [0.1, 0.15) is 0 Å². The summed E-state index contributed by atoms with van der Waals surface area (Å²) in [6.45, 7) is 0.554. The summed E-state index contributed by atoms with van der Waals surface area (Å²) in [5.74, 6) is -1.57. The normalized spacial score (nSPS) is 10.3. The van der Waals surface area contributed by atoms with E-state index < -0.39 is 11.6 Å². The Hall–Kier alpha value is -2.40. The third-order valence-electron chi connectivity index (χ3n) is 2.85. The van der Waals surface area contributed by atoms with E-state index >= 15 is 0 Å². The summed E-state index contributed by atoms with van der Waals surface area (Å²) in [5, 5.41) is 11.6. The number of rotatable bonds is 4. The van der Waals surface area contributed by atoms with Crippen molar-refractivity contribution in [2.75, 3.05) is 11.9 Å². The Morgan fingerprint density at radius 3 is 2.50 bits per heavy atom. The van der Waals surface area contributed by atoms with Gasteiger partial charge in [0.05, 0.1) is 0 Å². The van der Waals surface area contributed by atoms with Crippen molar-refractivity contribution in [2.45, 2.75) is 6.42 Å². The van der Waals surface area contributed by atoms with Gasteiger partial charge in [0.2, 0.25) is 0 Å². The number of halogens is 1. The highest BCUT2D eigenvalue weighted by Gasteiger charge is 2.08. The van der Waals surface area contributed by atoms with Gasteiger partial charge in [-0.25, -0.2) is 4.39 Å². The van der Waals surface area contributed by atoms with Crippen LogP contribution in [0.1, 0.15) is 15.9 Å². The van der Waals surface area contributed by atoms with Crippen LogP contribution in [0.2, 0.25) is 0 Å². The van der Waals surface area contributed by atoms with Crippen LogP contribution < -0.4 is 11.1 Å². The molecule has 104 valence electrons. The van der Waals surface area contributed by atoms with Crippen molar-refractivity contribution in [3.8, 4) is 5.75 Å². The summed E-state index contributed by atoms with van der Waals surface area (Å²) >= 11 is 0. The molecule has 0 saturated carbocycles. The highest BCUT2D eigenvalue weighted by molar-refractivity contribution is 6.04. The Morgan fingerprint density at radius 1 is 1.20 bits per heavy atom. The molecular formula is C15H15FN2O2. The van der Waals surface area contributed by atoms with Gasteiger partial charge in [0, 0.05) is 17.3 Å². The van der Waals surface area contributed by atoms with Gasteiger partial charge in [-0.1, -0.05) is 12.1 Å². The average molecular weight is 274 g/mol. The summed E-state index contributed by atoms with van der Waals surface area (Å²) in [7, 11) is 0. The molecule has 4 nitrogen and oxygen atoms in total. The zero-order valence-electron chi connectivity index (χ0n) is 10.8.